The van der Waals surface area contributed by atoms with Crippen LogP contribution >= 0.6 is 15.6 Å². The van der Waals surface area contributed by atoms with Crippen LogP contribution in [0.5, 0.6) is 0 Å². The summed E-state index contributed by atoms with van der Waals surface area (Å²) in [6.45, 7) is 12.4. The third-order valence-electron chi connectivity index (χ3n) is 12.2. The number of phosphoric ester groups is 2. The molecule has 4 aromatic rings. The van der Waals surface area contributed by atoms with Gasteiger partial charge in [0.2, 0.25) is 11.9 Å². The highest BCUT2D eigenvalue weighted by molar-refractivity contribution is 7.47. The highest BCUT2D eigenvalue weighted by Crippen LogP contribution is 2.73. The Balaban J connectivity index is 1.18. The highest BCUT2D eigenvalue weighted by atomic mass is 31.2. The van der Waals surface area contributed by atoms with Crippen LogP contribution in [0, 0.1) is 17.3 Å². The van der Waals surface area contributed by atoms with Crippen LogP contribution in [0.3, 0.4) is 0 Å². The molecule has 0 radical (unpaired) electrons. The number of hydrogen-bond donors (Lipinski definition) is 5. The number of rotatable bonds is 7. The average molecular weight is 883 g/mol. The number of carbonyl (C=O) groups is 1. The number of anilines is 2. The van der Waals surface area contributed by atoms with Gasteiger partial charge in [-0.05, 0) is 30.5 Å². The standard InChI is InChI=1S/C33H48N10O13P2Si/c1-15(2)28(44)40-31-39-27-19(29(45)41-31)38-14-43(27)30-23-21(50-6)17(53-30)10-51-57(46,47)55-24-22(56-59(7,8)32(3,4)5)20(16-9-33(16,24)11-52-58(48,49)54-23)42-13-37-18-25(34)35-12-36-26(18)42/h12-17,20-24,30H,9-11H2,1-8H3,(H,46,47)(H,48,49)(H2,34,35,36)(H2,39,40,41,44,45)/t16-,17-,20-,21-,22?,23-,24+,30-,33?/m1/s1. The second kappa shape index (κ2) is 14.6. The van der Waals surface area contributed by atoms with E-state index in [2.05, 4.69) is 35.2 Å². The molecule has 26 heteroatoms. The lowest BCUT2D eigenvalue weighted by molar-refractivity contribution is -0.118. The van der Waals surface area contributed by atoms with E-state index in [9.17, 15) is 28.5 Å². The molecule has 4 aliphatic rings. The van der Waals surface area contributed by atoms with Crippen molar-refractivity contribution in [2.75, 3.05) is 31.4 Å². The van der Waals surface area contributed by atoms with Crippen molar-refractivity contribution in [2.24, 2.45) is 17.3 Å². The quantitative estimate of drug-likeness (QED) is 0.132. The van der Waals surface area contributed by atoms with Crippen LogP contribution < -0.4 is 16.6 Å². The predicted molar refractivity (Wildman–Crippen MR) is 209 cm³/mol. The van der Waals surface area contributed by atoms with Crippen LogP contribution in [-0.2, 0) is 45.9 Å². The molecule has 4 unspecified atom stereocenters. The van der Waals surface area contributed by atoms with Gasteiger partial charge in [-0.3, -0.25) is 42.6 Å². The number of amides is 1. The van der Waals surface area contributed by atoms with Crippen LogP contribution in [0.15, 0.2) is 23.8 Å². The molecule has 2 saturated heterocycles. The fourth-order valence-electron chi connectivity index (χ4n) is 8.00. The summed E-state index contributed by atoms with van der Waals surface area (Å²) in [6, 6.07) is -0.619. The fourth-order valence-corrected chi connectivity index (χ4v) is 11.3. The summed E-state index contributed by atoms with van der Waals surface area (Å²) >= 11 is 0. The number of aromatic amines is 1. The summed E-state index contributed by atoms with van der Waals surface area (Å²) < 4.78 is 73.8. The fraction of sp³-hybridized carbons (Fsp3) is 0.667. The smallest absolute Gasteiger partial charge is 0.409 e. The summed E-state index contributed by atoms with van der Waals surface area (Å²) in [6.07, 6.45) is -3.11. The molecule has 4 aromatic heterocycles. The number of carbonyl (C=O) groups excluding carboxylic acids is 1. The molecule has 6 heterocycles. The van der Waals surface area contributed by atoms with E-state index < -0.39 is 109 Å². The number of hydrogen-bond acceptors (Lipinski definition) is 17. The Morgan fingerprint density at radius 3 is 2.44 bits per heavy atom. The molecule has 1 spiro atoms. The van der Waals surface area contributed by atoms with Crippen molar-refractivity contribution in [3.63, 3.8) is 0 Å². The molecule has 322 valence electrons. The molecular formula is C33H48N10O13P2Si. The molecule has 11 atom stereocenters. The molecule has 23 nitrogen and oxygen atoms in total. The number of fused-ring (bicyclic) bond motifs is 4. The van der Waals surface area contributed by atoms with Gasteiger partial charge in [0.15, 0.2) is 37.2 Å². The molecule has 2 saturated carbocycles. The Hall–Kier alpha value is -3.51. The Labute approximate surface area is 338 Å². The van der Waals surface area contributed by atoms with Crippen LogP contribution in [-0.4, -0.2) is 114 Å². The first kappa shape index (κ1) is 42.2. The normalized spacial score (nSPS) is 35.2. The monoisotopic (exact) mass is 882 g/mol. The van der Waals surface area contributed by atoms with Gasteiger partial charge in [-0.25, -0.2) is 29.1 Å². The van der Waals surface area contributed by atoms with Crippen LogP contribution in [0.2, 0.25) is 18.1 Å². The van der Waals surface area contributed by atoms with E-state index in [0.717, 1.165) is 0 Å². The zero-order valence-corrected chi connectivity index (χ0v) is 36.3. The summed E-state index contributed by atoms with van der Waals surface area (Å²) in [5.74, 6) is -1.30. The second-order valence-corrected chi connectivity index (χ2v) is 24.8. The Morgan fingerprint density at radius 2 is 1.75 bits per heavy atom. The summed E-state index contributed by atoms with van der Waals surface area (Å²) in [5.41, 5.74) is 4.80. The molecule has 4 fully saturated rings. The maximum atomic E-state index is 14.2. The van der Waals surface area contributed by atoms with E-state index in [1.165, 1.54) is 24.3 Å². The maximum absolute atomic E-state index is 14.2. The van der Waals surface area contributed by atoms with Crippen molar-refractivity contribution in [2.45, 2.75) is 102 Å². The van der Waals surface area contributed by atoms with E-state index in [4.69, 9.17) is 37.7 Å². The van der Waals surface area contributed by atoms with Crippen molar-refractivity contribution in [1.82, 2.24) is 39.0 Å². The SMILES string of the molecule is CO[C@H]1[C@H]2OP(=O)(O)OCC34C[C@@H]3[C@@H](n3cnc5c(N)ncnc53)C(O[Si](C)(C)C(C)(C)C)[C@@H]4OP(=O)(O)OC[C@H]1O[C@H]2n1cnc2c(=O)[nH]c(NC(=O)C(C)C)nc21. The van der Waals surface area contributed by atoms with E-state index in [1.807, 2.05) is 33.9 Å². The Kier molecular flexibility index (Phi) is 10.4. The molecular weight excluding hydrogens is 834 g/mol. The second-order valence-electron chi connectivity index (χ2n) is 17.2. The minimum Gasteiger partial charge on any atom is -0.409 e. The van der Waals surface area contributed by atoms with Crippen molar-refractivity contribution in [3.05, 3.63) is 29.3 Å². The lowest BCUT2D eigenvalue weighted by atomic mass is 10.0. The number of nitrogens with zero attached hydrogens (tertiary/aromatic N) is 7. The van der Waals surface area contributed by atoms with Gasteiger partial charge in [0.25, 0.3) is 5.56 Å². The van der Waals surface area contributed by atoms with Gasteiger partial charge < -0.3 is 34.0 Å². The van der Waals surface area contributed by atoms with Crippen LogP contribution in [0.25, 0.3) is 22.3 Å². The number of H-pyrrole nitrogens is 1. The Bertz CT molecular complexity index is 2460. The summed E-state index contributed by atoms with van der Waals surface area (Å²) in [5, 5.41) is 2.22. The van der Waals surface area contributed by atoms with E-state index >= 15 is 0 Å². The lowest BCUT2D eigenvalue weighted by Crippen LogP contribution is -2.50. The third-order valence-corrected chi connectivity index (χ3v) is 18.6. The molecule has 2 aliphatic heterocycles. The van der Waals surface area contributed by atoms with Gasteiger partial charge in [-0.2, -0.15) is 4.98 Å². The number of methoxy groups -OCH3 is 1. The van der Waals surface area contributed by atoms with Gasteiger partial charge in [-0.15, -0.1) is 0 Å². The largest absolute Gasteiger partial charge is 0.472 e. The van der Waals surface area contributed by atoms with Crippen molar-refractivity contribution in [1.29, 1.82) is 0 Å². The number of nitrogen functional groups attached to an aromatic ring is 1. The van der Waals surface area contributed by atoms with Crippen LogP contribution in [0.1, 0.15) is 53.3 Å². The number of ether oxygens (including phenoxy) is 2. The van der Waals surface area contributed by atoms with E-state index in [1.54, 1.807) is 24.7 Å². The number of nitrogens with two attached hydrogens (primary N) is 1. The number of nitrogens with one attached hydrogen (secondary N) is 2. The van der Waals surface area contributed by atoms with Crippen molar-refractivity contribution in [3.8, 4) is 0 Å². The molecule has 0 aromatic carbocycles. The first-order valence-corrected chi connectivity index (χ1v) is 24.8. The van der Waals surface area contributed by atoms with Gasteiger partial charge in [-0.1, -0.05) is 34.6 Å². The zero-order chi connectivity index (χ0) is 42.6. The lowest BCUT2D eigenvalue weighted by Gasteiger charge is -2.43. The Morgan fingerprint density at radius 1 is 1.05 bits per heavy atom. The third kappa shape index (κ3) is 7.39. The average Bonchev–Trinajstić information content (AvgIpc) is 3.44. The number of phosphoric acid groups is 2. The zero-order valence-electron chi connectivity index (χ0n) is 33.5. The first-order chi connectivity index (χ1) is 27.6. The topological polar surface area (TPSA) is 301 Å². The van der Waals surface area contributed by atoms with E-state index in [0.29, 0.717) is 17.6 Å². The molecule has 8 rings (SSSR count). The summed E-state index contributed by atoms with van der Waals surface area (Å²) in [7, 11) is -11.5. The van der Waals surface area contributed by atoms with Crippen molar-refractivity contribution < 1.29 is 55.7 Å². The minimum absolute atomic E-state index is 0.0832. The highest BCUT2D eigenvalue weighted by Gasteiger charge is 2.75. The van der Waals surface area contributed by atoms with E-state index in [-0.39, 0.29) is 28.0 Å². The van der Waals surface area contributed by atoms with Gasteiger partial charge in [0.1, 0.15) is 36.3 Å². The number of imidazole rings is 2. The molecule has 1 amide bonds. The minimum atomic E-state index is -5.06. The molecule has 59 heavy (non-hydrogen) atoms. The first-order valence-electron chi connectivity index (χ1n) is 18.9. The summed E-state index contributed by atoms with van der Waals surface area (Å²) in [4.78, 5) is 72.4. The predicted octanol–water partition coefficient (Wildman–Crippen LogP) is 3.02. The van der Waals surface area contributed by atoms with Gasteiger partial charge in [0, 0.05) is 18.4 Å². The van der Waals surface area contributed by atoms with Gasteiger partial charge in [0.05, 0.1) is 38.0 Å². The maximum Gasteiger partial charge on any atom is 0.472 e. The molecule has 2 aliphatic carbocycles. The van der Waals surface area contributed by atoms with Crippen LogP contribution in [0.4, 0.5) is 11.8 Å². The number of aromatic nitrogens is 8. The van der Waals surface area contributed by atoms with Crippen molar-refractivity contribution >= 4 is 64.0 Å². The molecule has 6 N–H and O–H groups in total. The molecule has 2 bridgehead atoms. The van der Waals surface area contributed by atoms with Gasteiger partial charge >= 0.3 is 15.6 Å².